The van der Waals surface area contributed by atoms with E-state index < -0.39 is 16.2 Å². The first-order valence-electron chi connectivity index (χ1n) is 3.51. The summed E-state index contributed by atoms with van der Waals surface area (Å²) in [7, 11) is -2.41. The van der Waals surface area contributed by atoms with Crippen LogP contribution in [0.15, 0.2) is 29.2 Å². The van der Waals surface area contributed by atoms with Crippen molar-refractivity contribution in [3.8, 4) is 0 Å². The van der Waals surface area contributed by atoms with Crippen molar-refractivity contribution in [2.24, 2.45) is 0 Å². The molecular weight excluding hydrogens is 199 g/mol. The van der Waals surface area contributed by atoms with E-state index in [-0.39, 0.29) is 4.90 Å². The van der Waals surface area contributed by atoms with Gasteiger partial charge in [-0.25, -0.2) is 0 Å². The van der Waals surface area contributed by atoms with E-state index >= 15 is 0 Å². The summed E-state index contributed by atoms with van der Waals surface area (Å²) in [6.07, 6.45) is 0. The Hall–Kier alpha value is -0.840. The number of hydrogen-bond donors (Lipinski definition) is 1. The van der Waals surface area contributed by atoms with Crippen LogP contribution in [0.1, 0.15) is 5.56 Å². The molecule has 1 aromatic rings. The SMILES string of the molecule is Cc1ccccc1S(=N)C(F)(F)F. The Kier molecular flexibility index (Phi) is 2.75. The van der Waals surface area contributed by atoms with Crippen LogP contribution in [0, 0.1) is 11.7 Å². The molecule has 0 aliphatic rings. The van der Waals surface area contributed by atoms with Gasteiger partial charge in [0.15, 0.2) is 0 Å². The number of nitrogens with one attached hydrogen (secondary N) is 1. The molecule has 0 saturated carbocycles. The summed E-state index contributed by atoms with van der Waals surface area (Å²) in [5.41, 5.74) is -3.94. The molecule has 1 nitrogen and oxygen atoms in total. The first kappa shape index (κ1) is 10.2. The normalized spacial score (nSPS) is 14.2. The lowest BCUT2D eigenvalue weighted by Crippen LogP contribution is -2.15. The predicted molar refractivity (Wildman–Crippen MR) is 45.6 cm³/mol. The fourth-order valence-corrected chi connectivity index (χ4v) is 1.76. The summed E-state index contributed by atoms with van der Waals surface area (Å²) in [5, 5.41) is 0. The van der Waals surface area contributed by atoms with Crippen LogP contribution in [0.5, 0.6) is 0 Å². The van der Waals surface area contributed by atoms with Crippen molar-refractivity contribution in [1.29, 1.82) is 4.78 Å². The van der Waals surface area contributed by atoms with Gasteiger partial charge in [-0.3, -0.25) is 4.78 Å². The third-order valence-corrected chi connectivity index (χ3v) is 2.91. The van der Waals surface area contributed by atoms with Gasteiger partial charge in [0, 0.05) is 15.6 Å². The molecule has 0 saturated heterocycles. The van der Waals surface area contributed by atoms with Crippen molar-refractivity contribution in [2.75, 3.05) is 0 Å². The Morgan fingerprint density at radius 2 is 1.77 bits per heavy atom. The van der Waals surface area contributed by atoms with Crippen molar-refractivity contribution in [1.82, 2.24) is 0 Å². The van der Waals surface area contributed by atoms with Crippen LogP contribution in [-0.2, 0) is 10.7 Å². The first-order valence-corrected chi connectivity index (χ1v) is 4.73. The molecule has 0 fully saturated rings. The minimum atomic E-state index is -4.45. The average molecular weight is 207 g/mol. The van der Waals surface area contributed by atoms with Crippen LogP contribution in [0.2, 0.25) is 0 Å². The van der Waals surface area contributed by atoms with Crippen molar-refractivity contribution in [2.45, 2.75) is 17.3 Å². The number of alkyl halides is 3. The van der Waals surface area contributed by atoms with E-state index in [4.69, 9.17) is 4.78 Å². The molecule has 1 unspecified atom stereocenters. The molecule has 1 aromatic carbocycles. The maximum absolute atomic E-state index is 12.1. The van der Waals surface area contributed by atoms with Crippen molar-refractivity contribution in [3.05, 3.63) is 29.8 Å². The number of rotatable bonds is 1. The molecule has 13 heavy (non-hydrogen) atoms. The second kappa shape index (κ2) is 3.49. The van der Waals surface area contributed by atoms with E-state index in [1.165, 1.54) is 12.1 Å². The highest BCUT2D eigenvalue weighted by atomic mass is 32.2. The zero-order chi connectivity index (χ0) is 10.1. The van der Waals surface area contributed by atoms with Crippen molar-refractivity contribution < 1.29 is 13.2 Å². The second-order valence-electron chi connectivity index (χ2n) is 2.52. The van der Waals surface area contributed by atoms with Gasteiger partial charge in [0.1, 0.15) is 0 Å². The van der Waals surface area contributed by atoms with Gasteiger partial charge in [0.2, 0.25) is 0 Å². The maximum Gasteiger partial charge on any atom is 0.456 e. The van der Waals surface area contributed by atoms with Crippen LogP contribution in [0.3, 0.4) is 0 Å². The number of halogens is 3. The number of aryl methyl sites for hydroxylation is 1. The molecule has 0 heterocycles. The molecule has 0 aliphatic heterocycles. The Bertz CT molecular complexity index is 332. The fraction of sp³-hybridized carbons (Fsp3) is 0.250. The molecule has 0 aromatic heterocycles. The minimum absolute atomic E-state index is 0.0509. The third-order valence-electron chi connectivity index (χ3n) is 1.54. The Balaban J connectivity index is 3.10. The Morgan fingerprint density at radius 3 is 2.23 bits per heavy atom. The van der Waals surface area contributed by atoms with Gasteiger partial charge in [-0.15, -0.1) is 0 Å². The van der Waals surface area contributed by atoms with Gasteiger partial charge in [-0.2, -0.15) is 13.2 Å². The summed E-state index contributed by atoms with van der Waals surface area (Å²) < 4.78 is 43.4. The van der Waals surface area contributed by atoms with E-state index in [1.54, 1.807) is 19.1 Å². The number of benzene rings is 1. The standard InChI is InChI=1S/C8H8F3NS/c1-6-4-2-3-5-7(6)13(12)8(9,10)11/h2-5,12H,1H3. The summed E-state index contributed by atoms with van der Waals surface area (Å²) in [6, 6.07) is 6.10. The lowest BCUT2D eigenvalue weighted by Gasteiger charge is -2.11. The van der Waals surface area contributed by atoms with Gasteiger partial charge < -0.3 is 0 Å². The van der Waals surface area contributed by atoms with Gasteiger partial charge in [-0.1, -0.05) is 18.2 Å². The quantitative estimate of drug-likeness (QED) is 0.730. The molecule has 0 amide bonds. The van der Waals surface area contributed by atoms with E-state index in [1.807, 2.05) is 0 Å². The highest BCUT2D eigenvalue weighted by molar-refractivity contribution is 7.87. The highest BCUT2D eigenvalue weighted by Crippen LogP contribution is 2.28. The molecule has 1 atom stereocenters. The largest absolute Gasteiger partial charge is 0.456 e. The minimum Gasteiger partial charge on any atom is -0.268 e. The predicted octanol–water partition coefficient (Wildman–Crippen LogP) is 3.25. The van der Waals surface area contributed by atoms with Crippen LogP contribution in [0.25, 0.3) is 0 Å². The first-order chi connectivity index (χ1) is 5.93. The summed E-state index contributed by atoms with van der Waals surface area (Å²) >= 11 is 0. The van der Waals surface area contributed by atoms with E-state index in [0.29, 0.717) is 5.56 Å². The second-order valence-corrected chi connectivity index (χ2v) is 4.03. The Morgan fingerprint density at radius 1 is 1.23 bits per heavy atom. The number of hydrogen-bond acceptors (Lipinski definition) is 1. The van der Waals surface area contributed by atoms with Crippen LogP contribution >= 0.6 is 0 Å². The monoisotopic (exact) mass is 207 g/mol. The molecule has 0 radical (unpaired) electrons. The maximum atomic E-state index is 12.1. The molecular formula is C8H8F3NS. The van der Waals surface area contributed by atoms with Gasteiger partial charge in [0.25, 0.3) is 0 Å². The summed E-state index contributed by atoms with van der Waals surface area (Å²) in [4.78, 5) is 0.0509. The topological polar surface area (TPSA) is 23.9 Å². The summed E-state index contributed by atoms with van der Waals surface area (Å²) in [5.74, 6) is 0. The molecule has 72 valence electrons. The fourth-order valence-electron chi connectivity index (χ4n) is 0.910. The third kappa shape index (κ3) is 2.30. The van der Waals surface area contributed by atoms with Crippen LogP contribution < -0.4 is 0 Å². The van der Waals surface area contributed by atoms with Crippen molar-refractivity contribution >= 4 is 10.7 Å². The average Bonchev–Trinajstić information content (AvgIpc) is 2.02. The zero-order valence-electron chi connectivity index (χ0n) is 6.85. The lowest BCUT2D eigenvalue weighted by molar-refractivity contribution is -0.0360. The molecule has 1 N–H and O–H groups in total. The highest BCUT2D eigenvalue weighted by Gasteiger charge is 2.34. The van der Waals surface area contributed by atoms with E-state index in [2.05, 4.69) is 0 Å². The van der Waals surface area contributed by atoms with E-state index in [9.17, 15) is 13.2 Å². The van der Waals surface area contributed by atoms with Gasteiger partial charge >= 0.3 is 5.51 Å². The van der Waals surface area contributed by atoms with Crippen LogP contribution in [0.4, 0.5) is 13.2 Å². The molecule has 0 spiro atoms. The van der Waals surface area contributed by atoms with Gasteiger partial charge in [-0.05, 0) is 18.6 Å². The smallest absolute Gasteiger partial charge is 0.268 e. The van der Waals surface area contributed by atoms with Gasteiger partial charge in [0.05, 0.1) is 0 Å². The van der Waals surface area contributed by atoms with Crippen LogP contribution in [-0.4, -0.2) is 5.51 Å². The zero-order valence-corrected chi connectivity index (χ0v) is 7.67. The summed E-state index contributed by atoms with van der Waals surface area (Å²) in [6.45, 7) is 1.58. The molecule has 0 bridgehead atoms. The van der Waals surface area contributed by atoms with E-state index in [0.717, 1.165) is 0 Å². The van der Waals surface area contributed by atoms with Crippen molar-refractivity contribution in [3.63, 3.8) is 0 Å². The molecule has 1 rings (SSSR count). The Labute approximate surface area is 76.5 Å². The lowest BCUT2D eigenvalue weighted by atomic mass is 10.2. The molecule has 5 heteroatoms. The molecule has 0 aliphatic carbocycles.